The van der Waals surface area contributed by atoms with Gasteiger partial charge < -0.3 is 26.4 Å². The summed E-state index contributed by atoms with van der Waals surface area (Å²) >= 11 is 0. The first kappa shape index (κ1) is 29.0. The van der Waals surface area contributed by atoms with Gasteiger partial charge in [0, 0.05) is 26.2 Å². The summed E-state index contributed by atoms with van der Waals surface area (Å²) < 4.78 is 5.50. The van der Waals surface area contributed by atoms with Gasteiger partial charge in [-0.25, -0.2) is 19.0 Å². The standard InChI is InChI=1S/C30H25N7O8/c1-14-8-15(3-5-19(14)28(42)43)11-33-27(41)21-10-20(34-29-35-45-30(44)37(21)29)26(40)32-12-16-2-4-17-6-7-36(13-18(17)9-16)23-22(31)24(38)25(23)39/h2-5,8-10H,6-7,11-13,31H2,1H3,(H,32,40)(H,33,41)(H,42,43). The van der Waals surface area contributed by atoms with Crippen LogP contribution in [0.2, 0.25) is 0 Å². The van der Waals surface area contributed by atoms with Crippen LogP contribution in [0.1, 0.15) is 59.2 Å². The van der Waals surface area contributed by atoms with Crippen LogP contribution < -0.4 is 37.9 Å². The van der Waals surface area contributed by atoms with E-state index in [9.17, 15) is 33.9 Å². The number of carbonyl (C=O) groups is 3. The molecule has 1 aliphatic heterocycles. The summed E-state index contributed by atoms with van der Waals surface area (Å²) in [4.78, 5) is 79.3. The van der Waals surface area contributed by atoms with Crippen molar-refractivity contribution < 1.29 is 24.0 Å². The predicted molar refractivity (Wildman–Crippen MR) is 159 cm³/mol. The Morgan fingerprint density at radius 1 is 0.956 bits per heavy atom. The average molecular weight is 612 g/mol. The second-order valence-electron chi connectivity index (χ2n) is 10.6. The number of hydrogen-bond acceptors (Lipinski definition) is 11. The Kier molecular flexibility index (Phi) is 7.20. The van der Waals surface area contributed by atoms with E-state index in [0.29, 0.717) is 30.6 Å². The van der Waals surface area contributed by atoms with Gasteiger partial charge in [-0.1, -0.05) is 30.3 Å². The molecule has 5 N–H and O–H groups in total. The molecule has 2 aromatic heterocycles. The third-order valence-corrected chi connectivity index (χ3v) is 7.74. The molecule has 1 aliphatic rings. The number of benzene rings is 2. The minimum Gasteiger partial charge on any atom is -0.478 e. The van der Waals surface area contributed by atoms with Crippen molar-refractivity contribution in [2.45, 2.75) is 33.0 Å². The number of anilines is 2. The van der Waals surface area contributed by atoms with Gasteiger partial charge in [0.2, 0.25) is 0 Å². The first-order chi connectivity index (χ1) is 21.5. The number of carboxylic acids is 1. The van der Waals surface area contributed by atoms with Crippen molar-refractivity contribution in [3.05, 3.63) is 118 Å². The monoisotopic (exact) mass is 611 g/mol. The molecule has 0 spiro atoms. The van der Waals surface area contributed by atoms with Crippen LogP contribution >= 0.6 is 0 Å². The van der Waals surface area contributed by atoms with Crippen molar-refractivity contribution in [3.63, 3.8) is 0 Å². The van der Waals surface area contributed by atoms with Crippen LogP contribution in [-0.4, -0.2) is 44.0 Å². The van der Waals surface area contributed by atoms with E-state index in [1.165, 1.54) is 6.07 Å². The highest BCUT2D eigenvalue weighted by Gasteiger charge is 2.27. The Morgan fingerprint density at radius 2 is 1.67 bits per heavy atom. The van der Waals surface area contributed by atoms with Crippen molar-refractivity contribution in [1.82, 2.24) is 25.2 Å². The van der Waals surface area contributed by atoms with Gasteiger partial charge in [-0.15, -0.1) is 0 Å². The largest absolute Gasteiger partial charge is 0.478 e. The fraction of sp³-hybridized carbons (Fsp3) is 0.200. The quantitative estimate of drug-likeness (QED) is 0.174. The smallest absolute Gasteiger partial charge is 0.448 e. The lowest BCUT2D eigenvalue weighted by atomic mass is 9.96. The number of carboxylic acid groups (broad SMARTS) is 1. The van der Waals surface area contributed by atoms with Gasteiger partial charge in [0.05, 0.1) is 5.56 Å². The molecule has 0 bridgehead atoms. The minimum atomic E-state index is -1.07. The normalized spacial score (nSPS) is 12.7. The summed E-state index contributed by atoms with van der Waals surface area (Å²) in [5, 5.41) is 18.2. The van der Waals surface area contributed by atoms with Gasteiger partial charge in [-0.05, 0) is 58.5 Å². The Morgan fingerprint density at radius 3 is 2.38 bits per heavy atom. The predicted octanol–water partition coefficient (Wildman–Crippen LogP) is 0.290. The Balaban J connectivity index is 1.17. The molecular weight excluding hydrogens is 586 g/mol. The van der Waals surface area contributed by atoms with Gasteiger partial charge in [-0.2, -0.15) is 0 Å². The zero-order chi connectivity index (χ0) is 32.0. The number of carbonyl (C=O) groups excluding carboxylic acids is 2. The summed E-state index contributed by atoms with van der Waals surface area (Å²) in [7, 11) is 0. The maximum atomic E-state index is 13.1. The van der Waals surface area contributed by atoms with E-state index in [4.69, 9.17) is 5.73 Å². The van der Waals surface area contributed by atoms with Crippen molar-refractivity contribution in [2.24, 2.45) is 0 Å². The van der Waals surface area contributed by atoms with E-state index >= 15 is 0 Å². The Hall–Kier alpha value is -6.12. The van der Waals surface area contributed by atoms with Crippen LogP contribution in [0, 0.1) is 6.92 Å². The molecule has 0 saturated heterocycles. The first-order valence-corrected chi connectivity index (χ1v) is 13.7. The highest BCUT2D eigenvalue weighted by molar-refractivity contribution is 5.98. The molecular formula is C30H25N7O8. The SMILES string of the molecule is Cc1cc(CNC(=O)c2cc(C(=O)NCc3ccc4c(c3)CN(c3c(N)c(=O)c3=O)CC4)nc3noc(=O)n23)ccc1C(=O)O. The lowest BCUT2D eigenvalue weighted by Gasteiger charge is -2.32. The second kappa shape index (κ2) is 11.2. The highest BCUT2D eigenvalue weighted by Crippen LogP contribution is 2.26. The molecule has 0 saturated carbocycles. The Bertz CT molecular complexity index is 2170. The first-order valence-electron chi connectivity index (χ1n) is 13.7. The van der Waals surface area contributed by atoms with Crippen LogP contribution in [0.25, 0.3) is 5.78 Å². The minimum absolute atomic E-state index is 0.00898. The van der Waals surface area contributed by atoms with E-state index in [2.05, 4.69) is 25.3 Å². The zero-order valence-corrected chi connectivity index (χ0v) is 23.7. The van der Waals surface area contributed by atoms with Crippen LogP contribution in [-0.2, 0) is 26.1 Å². The lowest BCUT2D eigenvalue weighted by Crippen LogP contribution is -2.44. The van der Waals surface area contributed by atoms with Gasteiger partial charge in [0.1, 0.15) is 22.8 Å². The molecule has 0 radical (unpaired) electrons. The van der Waals surface area contributed by atoms with E-state index in [1.807, 2.05) is 18.2 Å². The number of hydrogen-bond donors (Lipinski definition) is 4. The summed E-state index contributed by atoms with van der Waals surface area (Å²) in [6.45, 7) is 2.67. The fourth-order valence-corrected chi connectivity index (χ4v) is 5.38. The zero-order valence-electron chi connectivity index (χ0n) is 23.7. The lowest BCUT2D eigenvalue weighted by molar-refractivity contribution is 0.0695. The maximum absolute atomic E-state index is 13.1. The summed E-state index contributed by atoms with van der Waals surface area (Å²) in [6.07, 6.45) is 0.652. The number of nitrogens with two attached hydrogens (primary N) is 1. The van der Waals surface area contributed by atoms with Crippen molar-refractivity contribution in [2.75, 3.05) is 17.2 Å². The molecule has 0 fully saturated rings. The molecule has 3 aromatic carbocycles. The van der Waals surface area contributed by atoms with Crippen molar-refractivity contribution >= 4 is 34.9 Å². The van der Waals surface area contributed by atoms with E-state index < -0.39 is 34.4 Å². The molecule has 0 unspecified atom stereocenters. The van der Waals surface area contributed by atoms with Gasteiger partial charge in [-0.3, -0.25) is 23.7 Å². The number of amides is 2. The van der Waals surface area contributed by atoms with Crippen LogP contribution in [0.3, 0.4) is 0 Å². The second-order valence-corrected chi connectivity index (χ2v) is 10.6. The number of rotatable bonds is 8. The van der Waals surface area contributed by atoms with Gasteiger partial charge >= 0.3 is 11.7 Å². The number of aromatic carboxylic acids is 1. The molecule has 15 nitrogen and oxygen atoms in total. The topological polar surface area (TPSA) is 219 Å². The van der Waals surface area contributed by atoms with E-state index in [0.717, 1.165) is 27.2 Å². The van der Waals surface area contributed by atoms with Gasteiger partial charge in [0.15, 0.2) is 0 Å². The van der Waals surface area contributed by atoms with Gasteiger partial charge in [0.25, 0.3) is 28.4 Å². The maximum Gasteiger partial charge on any atom is 0.448 e. The molecule has 0 atom stereocenters. The number of aryl methyl sites for hydroxylation is 1. The molecule has 15 heteroatoms. The molecule has 228 valence electrons. The van der Waals surface area contributed by atoms with Crippen LogP contribution in [0.5, 0.6) is 0 Å². The highest BCUT2D eigenvalue weighted by atomic mass is 16.5. The van der Waals surface area contributed by atoms with Crippen molar-refractivity contribution in [1.29, 1.82) is 0 Å². The number of aromatic nitrogens is 3. The Labute approximate surface area is 252 Å². The molecule has 2 amide bonds. The molecule has 5 aromatic rings. The summed E-state index contributed by atoms with van der Waals surface area (Å²) in [6, 6.07) is 11.4. The fourth-order valence-electron chi connectivity index (χ4n) is 5.38. The van der Waals surface area contributed by atoms with Crippen LogP contribution in [0.15, 0.2) is 61.4 Å². The number of nitrogen functional groups attached to an aromatic ring is 1. The third kappa shape index (κ3) is 5.30. The number of nitrogens with one attached hydrogen (secondary N) is 2. The van der Waals surface area contributed by atoms with Crippen LogP contribution in [0.4, 0.5) is 11.4 Å². The molecule has 6 rings (SSSR count). The summed E-state index contributed by atoms with van der Waals surface area (Å²) in [5.74, 6) is -3.68. The van der Waals surface area contributed by atoms with Crippen molar-refractivity contribution in [3.8, 4) is 0 Å². The molecule has 45 heavy (non-hydrogen) atoms. The molecule has 0 aliphatic carbocycles. The number of nitrogens with zero attached hydrogens (tertiary/aromatic N) is 4. The van der Waals surface area contributed by atoms with E-state index in [-0.39, 0.29) is 47.2 Å². The average Bonchev–Trinajstić information content (AvgIpc) is 3.41. The number of fused-ring (bicyclic) bond motifs is 2. The third-order valence-electron chi connectivity index (χ3n) is 7.74. The molecule has 3 heterocycles. The summed E-state index contributed by atoms with van der Waals surface area (Å²) in [5.41, 5.74) is 8.30. The van der Waals surface area contributed by atoms with E-state index in [1.54, 1.807) is 24.0 Å².